The fraction of sp³-hybridized carbons (Fsp3) is 0.952. The van der Waals surface area contributed by atoms with E-state index in [1.807, 2.05) is 6.92 Å². The fourth-order valence-electron chi connectivity index (χ4n) is 7.84. The highest BCUT2D eigenvalue weighted by Gasteiger charge is 2.69. The highest BCUT2D eigenvalue weighted by Crippen LogP contribution is 2.67. The molecule has 4 aliphatic rings. The largest absolute Gasteiger partial charge is 0.394 e. The lowest BCUT2D eigenvalue weighted by atomic mass is 9.43. The summed E-state index contributed by atoms with van der Waals surface area (Å²) in [6.07, 6.45) is 1.47. The molecule has 27 heavy (non-hydrogen) atoms. The first-order valence-corrected chi connectivity index (χ1v) is 10.5. The van der Waals surface area contributed by atoms with Crippen LogP contribution in [0, 0.1) is 34.5 Å². The molecule has 0 spiro atoms. The van der Waals surface area contributed by atoms with Gasteiger partial charge in [-0.1, -0.05) is 13.8 Å². The van der Waals surface area contributed by atoms with E-state index in [1.165, 1.54) is 0 Å². The minimum absolute atomic E-state index is 0.0253. The van der Waals surface area contributed by atoms with Crippen molar-refractivity contribution < 1.29 is 30.3 Å². The molecule has 4 aliphatic carbocycles. The molecule has 0 unspecified atom stereocenters. The predicted molar refractivity (Wildman–Crippen MR) is 97.6 cm³/mol. The summed E-state index contributed by atoms with van der Waals surface area (Å²) in [5.41, 5.74) is -2.58. The zero-order valence-electron chi connectivity index (χ0n) is 16.3. The van der Waals surface area contributed by atoms with Gasteiger partial charge in [0.15, 0.2) is 0 Å². The van der Waals surface area contributed by atoms with E-state index in [9.17, 15) is 30.3 Å². The highest BCUT2D eigenvalue weighted by molar-refractivity contribution is 5.84. The van der Waals surface area contributed by atoms with Gasteiger partial charge in [-0.3, -0.25) is 4.79 Å². The van der Waals surface area contributed by atoms with Crippen LogP contribution in [-0.2, 0) is 4.79 Å². The number of fused-ring (bicyclic) bond motifs is 5. The number of ketones is 1. The second-order valence-corrected chi connectivity index (χ2v) is 10.3. The molecule has 4 saturated carbocycles. The summed E-state index contributed by atoms with van der Waals surface area (Å²) in [7, 11) is 0. The molecule has 0 bridgehead atoms. The summed E-state index contributed by atoms with van der Waals surface area (Å²) in [6, 6.07) is 0. The van der Waals surface area contributed by atoms with Crippen LogP contribution >= 0.6 is 0 Å². The van der Waals surface area contributed by atoms with Crippen LogP contribution < -0.4 is 0 Å². The molecule has 0 aliphatic heterocycles. The van der Waals surface area contributed by atoms with Gasteiger partial charge < -0.3 is 25.5 Å². The van der Waals surface area contributed by atoms with Crippen LogP contribution in [0.5, 0.6) is 0 Å². The lowest BCUT2D eigenvalue weighted by Crippen LogP contribution is -2.64. The lowest BCUT2D eigenvalue weighted by Gasteiger charge is -2.61. The molecule has 0 radical (unpaired) electrons. The molecule has 0 amide bonds. The summed E-state index contributed by atoms with van der Waals surface area (Å²) in [6.45, 7) is 3.46. The maximum atomic E-state index is 13.4. The van der Waals surface area contributed by atoms with Crippen molar-refractivity contribution in [1.82, 2.24) is 0 Å². The number of carbonyl (C=O) groups is 1. The van der Waals surface area contributed by atoms with Crippen molar-refractivity contribution in [3.8, 4) is 0 Å². The predicted octanol–water partition coefficient (Wildman–Crippen LogP) is 0.624. The molecular formula is C21H34O6. The molecule has 6 nitrogen and oxygen atoms in total. The van der Waals surface area contributed by atoms with Gasteiger partial charge >= 0.3 is 0 Å². The third kappa shape index (κ3) is 2.46. The van der Waals surface area contributed by atoms with E-state index in [-0.39, 0.29) is 41.3 Å². The van der Waals surface area contributed by atoms with Gasteiger partial charge in [-0.05, 0) is 61.7 Å². The molecule has 0 heterocycles. The Bertz CT molecular complexity index is 624. The molecule has 5 N–H and O–H groups in total. The summed E-state index contributed by atoms with van der Waals surface area (Å²) >= 11 is 0. The Morgan fingerprint density at radius 1 is 1.11 bits per heavy atom. The lowest BCUT2D eigenvalue weighted by molar-refractivity contribution is -0.207. The summed E-state index contributed by atoms with van der Waals surface area (Å²) < 4.78 is 0. The van der Waals surface area contributed by atoms with E-state index in [0.29, 0.717) is 32.1 Å². The van der Waals surface area contributed by atoms with Crippen LogP contribution in [0.1, 0.15) is 58.8 Å². The van der Waals surface area contributed by atoms with Crippen molar-refractivity contribution in [1.29, 1.82) is 0 Å². The Labute approximate surface area is 160 Å². The van der Waals surface area contributed by atoms with E-state index in [2.05, 4.69) is 6.92 Å². The molecule has 154 valence electrons. The van der Waals surface area contributed by atoms with Crippen molar-refractivity contribution in [2.45, 2.75) is 82.7 Å². The number of Topliss-reactive ketones (excluding diaryl/α,β-unsaturated/α-hetero) is 1. The summed E-state index contributed by atoms with van der Waals surface area (Å²) in [4.78, 5) is 13.4. The van der Waals surface area contributed by atoms with Crippen LogP contribution in [0.2, 0.25) is 0 Å². The van der Waals surface area contributed by atoms with Crippen molar-refractivity contribution in [3.05, 3.63) is 0 Å². The quantitative estimate of drug-likeness (QED) is 0.478. The Morgan fingerprint density at radius 3 is 2.48 bits per heavy atom. The molecule has 0 aromatic rings. The standard InChI is InChI=1S/C21H34O6/c1-19-5-3-11(23)7-14(19)15(24)8-12-13-4-6-21(27,17(26)10-22)20(13,2)9-16(25)18(12)19/h11-15,17-18,22-24,26-27H,3-10H2,1-2H3/t11-,12+,13+,14+,15-,17+,18-,19+,20+,21+/m1/s1. The van der Waals surface area contributed by atoms with E-state index in [1.54, 1.807) is 0 Å². The molecule has 0 aromatic carbocycles. The van der Waals surface area contributed by atoms with E-state index in [0.717, 1.165) is 6.42 Å². The van der Waals surface area contributed by atoms with Crippen LogP contribution in [-0.4, -0.2) is 61.8 Å². The fourth-order valence-corrected chi connectivity index (χ4v) is 7.84. The van der Waals surface area contributed by atoms with Gasteiger partial charge in [-0.2, -0.15) is 0 Å². The number of aliphatic hydroxyl groups excluding tert-OH is 4. The van der Waals surface area contributed by atoms with Crippen LogP contribution in [0.25, 0.3) is 0 Å². The van der Waals surface area contributed by atoms with E-state index in [4.69, 9.17) is 0 Å². The van der Waals surface area contributed by atoms with E-state index >= 15 is 0 Å². The first-order chi connectivity index (χ1) is 12.6. The van der Waals surface area contributed by atoms with Crippen molar-refractivity contribution in [3.63, 3.8) is 0 Å². The monoisotopic (exact) mass is 382 g/mol. The Morgan fingerprint density at radius 2 is 1.81 bits per heavy atom. The SMILES string of the molecule is C[C@]12CC[C@@H](O)C[C@H]1[C@H](O)C[C@@H]1[C@@H]2C(=O)C[C@@]2(C)[C@H]1CC[C@]2(O)[C@@H](O)CO. The molecular weight excluding hydrogens is 348 g/mol. The molecule has 10 atom stereocenters. The average Bonchev–Trinajstić information content (AvgIpc) is 2.87. The van der Waals surface area contributed by atoms with Crippen LogP contribution in [0.3, 0.4) is 0 Å². The third-order valence-electron chi connectivity index (χ3n) is 9.28. The van der Waals surface area contributed by atoms with Gasteiger partial charge in [0.05, 0.1) is 24.4 Å². The topological polar surface area (TPSA) is 118 Å². The first kappa shape index (κ1) is 19.8. The second kappa shape index (κ2) is 6.23. The normalized spacial score (nSPS) is 56.2. The van der Waals surface area contributed by atoms with E-state index < -0.39 is 35.9 Å². The van der Waals surface area contributed by atoms with Crippen molar-refractivity contribution in [2.24, 2.45) is 34.5 Å². The average molecular weight is 382 g/mol. The maximum absolute atomic E-state index is 13.4. The number of hydrogen-bond acceptors (Lipinski definition) is 6. The minimum atomic E-state index is -1.47. The minimum Gasteiger partial charge on any atom is -0.394 e. The number of carbonyl (C=O) groups excluding carboxylic acids is 1. The van der Waals surface area contributed by atoms with Gasteiger partial charge in [0.1, 0.15) is 11.9 Å². The summed E-state index contributed by atoms with van der Waals surface area (Å²) in [5.74, 6) is -0.113. The molecule has 0 saturated heterocycles. The number of aliphatic hydroxyl groups is 5. The van der Waals surface area contributed by atoms with Crippen LogP contribution in [0.15, 0.2) is 0 Å². The number of hydrogen-bond donors (Lipinski definition) is 5. The summed E-state index contributed by atoms with van der Waals surface area (Å²) in [5, 5.41) is 52.1. The Kier molecular flexibility index (Phi) is 4.56. The van der Waals surface area contributed by atoms with Gasteiger partial charge in [-0.15, -0.1) is 0 Å². The third-order valence-corrected chi connectivity index (χ3v) is 9.28. The molecule has 4 rings (SSSR count). The Balaban J connectivity index is 1.72. The molecule has 4 fully saturated rings. The van der Waals surface area contributed by atoms with Gasteiger partial charge in [-0.25, -0.2) is 0 Å². The zero-order chi connectivity index (χ0) is 19.8. The van der Waals surface area contributed by atoms with Crippen molar-refractivity contribution in [2.75, 3.05) is 6.61 Å². The molecule has 0 aromatic heterocycles. The number of rotatable bonds is 2. The smallest absolute Gasteiger partial charge is 0.137 e. The highest BCUT2D eigenvalue weighted by atomic mass is 16.4. The van der Waals surface area contributed by atoms with Gasteiger partial charge in [0, 0.05) is 17.8 Å². The van der Waals surface area contributed by atoms with Gasteiger partial charge in [0.25, 0.3) is 0 Å². The van der Waals surface area contributed by atoms with Crippen molar-refractivity contribution >= 4 is 5.78 Å². The zero-order valence-corrected chi connectivity index (χ0v) is 16.3. The molecule has 6 heteroatoms. The van der Waals surface area contributed by atoms with Crippen LogP contribution in [0.4, 0.5) is 0 Å². The Hall–Kier alpha value is -0.530. The first-order valence-electron chi connectivity index (χ1n) is 10.5. The van der Waals surface area contributed by atoms with Gasteiger partial charge in [0.2, 0.25) is 0 Å². The maximum Gasteiger partial charge on any atom is 0.137 e. The second-order valence-electron chi connectivity index (χ2n) is 10.3.